The Hall–Kier alpha value is -1.75. The number of halogens is 1. The summed E-state index contributed by atoms with van der Waals surface area (Å²) in [6.07, 6.45) is 1.17. The molecular formula is C13H16ClNO4. The number of hydrogen-bond donors (Lipinski definition) is 1. The quantitative estimate of drug-likeness (QED) is 0.781. The minimum atomic E-state index is -1.15. The van der Waals surface area contributed by atoms with Gasteiger partial charge in [-0.25, -0.2) is 4.79 Å². The number of benzene rings is 1. The van der Waals surface area contributed by atoms with E-state index in [9.17, 15) is 14.7 Å². The van der Waals surface area contributed by atoms with E-state index in [1.807, 2.05) is 6.92 Å². The van der Waals surface area contributed by atoms with Gasteiger partial charge in [0.2, 0.25) is 6.41 Å². The Morgan fingerprint density at radius 1 is 1.58 bits per heavy atom. The van der Waals surface area contributed by atoms with Crippen molar-refractivity contribution in [2.75, 3.05) is 13.7 Å². The second-order valence-electron chi connectivity index (χ2n) is 3.94. The Morgan fingerprint density at radius 3 is 2.74 bits per heavy atom. The molecule has 0 fully saturated rings. The Kier molecular flexibility index (Phi) is 5.63. The maximum absolute atomic E-state index is 11.5. The topological polar surface area (TPSA) is 66.8 Å². The molecule has 5 nitrogen and oxygen atoms in total. The Morgan fingerprint density at radius 2 is 2.26 bits per heavy atom. The average molecular weight is 286 g/mol. The van der Waals surface area contributed by atoms with Crippen LogP contribution in [0.5, 0.6) is 5.75 Å². The number of methoxy groups -OCH3 is 1. The van der Waals surface area contributed by atoms with Gasteiger partial charge in [-0.2, -0.15) is 0 Å². The summed E-state index contributed by atoms with van der Waals surface area (Å²) in [6.45, 7) is 2.19. The van der Waals surface area contributed by atoms with Gasteiger partial charge in [0.05, 0.1) is 12.1 Å². The molecule has 0 spiro atoms. The molecule has 19 heavy (non-hydrogen) atoms. The van der Waals surface area contributed by atoms with Crippen LogP contribution in [-0.4, -0.2) is 36.0 Å². The van der Waals surface area contributed by atoms with Crippen LogP contribution >= 0.6 is 11.6 Å². The first-order valence-corrected chi connectivity index (χ1v) is 6.20. The number of ether oxygens (including phenoxy) is 1. The van der Waals surface area contributed by atoms with Crippen molar-refractivity contribution in [3.8, 4) is 5.75 Å². The van der Waals surface area contributed by atoms with Gasteiger partial charge in [-0.3, -0.25) is 4.79 Å². The summed E-state index contributed by atoms with van der Waals surface area (Å²) in [5.74, 6) is -0.796. The Balaban J connectivity index is 3.33. The van der Waals surface area contributed by atoms with Gasteiger partial charge in [0.25, 0.3) is 0 Å². The van der Waals surface area contributed by atoms with Crippen molar-refractivity contribution >= 4 is 24.0 Å². The molecule has 0 bridgehead atoms. The number of rotatable bonds is 7. The molecule has 0 aliphatic carbocycles. The lowest BCUT2D eigenvalue weighted by Crippen LogP contribution is -2.34. The van der Waals surface area contributed by atoms with E-state index in [0.717, 1.165) is 0 Å². The molecule has 104 valence electrons. The van der Waals surface area contributed by atoms with Crippen molar-refractivity contribution in [2.24, 2.45) is 0 Å². The summed E-state index contributed by atoms with van der Waals surface area (Å²) in [4.78, 5) is 23.8. The largest absolute Gasteiger partial charge is 0.496 e. The fourth-order valence-electron chi connectivity index (χ4n) is 1.89. The molecule has 0 saturated carbocycles. The molecule has 1 unspecified atom stereocenters. The number of amides is 1. The maximum Gasteiger partial charge on any atom is 0.331 e. The van der Waals surface area contributed by atoms with E-state index in [0.29, 0.717) is 30.7 Å². The zero-order valence-corrected chi connectivity index (χ0v) is 11.6. The summed E-state index contributed by atoms with van der Waals surface area (Å²) in [7, 11) is 1.43. The SMILES string of the molecule is CCCN(C=O)C(C(=O)O)c1c(Cl)cccc1OC. The first kappa shape index (κ1) is 15.3. The van der Waals surface area contributed by atoms with Crippen LogP contribution in [0.1, 0.15) is 24.9 Å². The van der Waals surface area contributed by atoms with Gasteiger partial charge in [0, 0.05) is 12.1 Å². The molecule has 1 aromatic rings. The molecular weight excluding hydrogens is 270 g/mol. The molecule has 0 radical (unpaired) electrons. The van der Waals surface area contributed by atoms with Crippen LogP contribution in [0.2, 0.25) is 5.02 Å². The van der Waals surface area contributed by atoms with Gasteiger partial charge in [0.1, 0.15) is 5.75 Å². The number of carbonyl (C=O) groups excluding carboxylic acids is 1. The lowest BCUT2D eigenvalue weighted by molar-refractivity contribution is -0.146. The van der Waals surface area contributed by atoms with Crippen LogP contribution < -0.4 is 4.74 Å². The van der Waals surface area contributed by atoms with E-state index in [2.05, 4.69) is 0 Å². The van der Waals surface area contributed by atoms with Crippen LogP contribution in [0.3, 0.4) is 0 Å². The molecule has 0 aliphatic heterocycles. The number of carbonyl (C=O) groups is 2. The fourth-order valence-corrected chi connectivity index (χ4v) is 2.16. The molecule has 0 aromatic heterocycles. The highest BCUT2D eigenvalue weighted by Gasteiger charge is 2.30. The first-order valence-electron chi connectivity index (χ1n) is 5.83. The zero-order valence-electron chi connectivity index (χ0n) is 10.8. The molecule has 1 N–H and O–H groups in total. The zero-order chi connectivity index (χ0) is 14.4. The van der Waals surface area contributed by atoms with Crippen molar-refractivity contribution in [1.29, 1.82) is 0 Å². The molecule has 0 heterocycles. The third-order valence-electron chi connectivity index (χ3n) is 2.69. The minimum absolute atomic E-state index is 0.259. The average Bonchev–Trinajstić information content (AvgIpc) is 2.39. The van der Waals surface area contributed by atoms with Crippen LogP contribution in [0.15, 0.2) is 18.2 Å². The number of aliphatic carboxylic acids is 1. The summed E-state index contributed by atoms with van der Waals surface area (Å²) >= 11 is 6.06. The Labute approximate surface area is 116 Å². The van der Waals surface area contributed by atoms with Gasteiger partial charge in [-0.1, -0.05) is 24.6 Å². The molecule has 1 amide bonds. The lowest BCUT2D eigenvalue weighted by atomic mass is 10.0. The second-order valence-corrected chi connectivity index (χ2v) is 4.35. The third kappa shape index (κ3) is 3.38. The van der Waals surface area contributed by atoms with Crippen LogP contribution in [-0.2, 0) is 9.59 Å². The van der Waals surface area contributed by atoms with Crippen molar-refractivity contribution in [1.82, 2.24) is 4.90 Å². The predicted molar refractivity (Wildman–Crippen MR) is 71.4 cm³/mol. The highest BCUT2D eigenvalue weighted by Crippen LogP contribution is 2.35. The van der Waals surface area contributed by atoms with E-state index in [-0.39, 0.29) is 5.02 Å². The standard InChI is InChI=1S/C13H16ClNO4/c1-3-7-15(8-16)12(13(17)18)11-9(14)5-4-6-10(11)19-2/h4-6,8,12H,3,7H2,1-2H3,(H,17,18). The van der Waals surface area contributed by atoms with Crippen LogP contribution in [0, 0.1) is 0 Å². The summed E-state index contributed by atoms with van der Waals surface area (Å²) in [5, 5.41) is 9.64. The highest BCUT2D eigenvalue weighted by molar-refractivity contribution is 6.31. The third-order valence-corrected chi connectivity index (χ3v) is 3.02. The molecule has 1 aromatic carbocycles. The fraction of sp³-hybridized carbons (Fsp3) is 0.385. The van der Waals surface area contributed by atoms with Gasteiger partial charge in [-0.15, -0.1) is 0 Å². The van der Waals surface area contributed by atoms with Crippen molar-refractivity contribution in [3.05, 3.63) is 28.8 Å². The predicted octanol–water partition coefficient (Wildman–Crippen LogP) is 2.34. The van der Waals surface area contributed by atoms with E-state index < -0.39 is 12.0 Å². The smallest absolute Gasteiger partial charge is 0.331 e. The molecule has 0 aliphatic rings. The number of carboxylic acid groups (broad SMARTS) is 1. The van der Waals surface area contributed by atoms with Crippen molar-refractivity contribution < 1.29 is 19.4 Å². The molecule has 0 saturated heterocycles. The normalized spacial score (nSPS) is 11.7. The lowest BCUT2D eigenvalue weighted by Gasteiger charge is -2.26. The van der Waals surface area contributed by atoms with Crippen LogP contribution in [0.4, 0.5) is 0 Å². The van der Waals surface area contributed by atoms with Gasteiger partial charge in [-0.05, 0) is 18.6 Å². The van der Waals surface area contributed by atoms with E-state index >= 15 is 0 Å². The minimum Gasteiger partial charge on any atom is -0.496 e. The number of nitrogens with zero attached hydrogens (tertiary/aromatic N) is 1. The van der Waals surface area contributed by atoms with Gasteiger partial charge >= 0.3 is 5.97 Å². The van der Waals surface area contributed by atoms with Crippen molar-refractivity contribution in [2.45, 2.75) is 19.4 Å². The molecule has 1 rings (SSSR count). The molecule has 1 atom stereocenters. The summed E-state index contributed by atoms with van der Waals surface area (Å²) in [6, 6.07) is 3.70. The monoisotopic (exact) mass is 285 g/mol. The number of carboxylic acids is 1. The maximum atomic E-state index is 11.5. The highest BCUT2D eigenvalue weighted by atomic mass is 35.5. The van der Waals surface area contributed by atoms with Crippen LogP contribution in [0.25, 0.3) is 0 Å². The van der Waals surface area contributed by atoms with Gasteiger partial charge in [0.15, 0.2) is 6.04 Å². The van der Waals surface area contributed by atoms with E-state index in [1.165, 1.54) is 12.0 Å². The molecule has 6 heteroatoms. The second kappa shape index (κ2) is 6.99. The van der Waals surface area contributed by atoms with Gasteiger partial charge < -0.3 is 14.7 Å². The number of hydrogen-bond acceptors (Lipinski definition) is 3. The van der Waals surface area contributed by atoms with E-state index in [4.69, 9.17) is 16.3 Å². The first-order chi connectivity index (χ1) is 9.06. The summed E-state index contributed by atoms with van der Waals surface area (Å²) < 4.78 is 5.14. The summed E-state index contributed by atoms with van der Waals surface area (Å²) in [5.41, 5.74) is 0.291. The Bertz CT molecular complexity index is 464. The van der Waals surface area contributed by atoms with Crippen molar-refractivity contribution in [3.63, 3.8) is 0 Å². The van der Waals surface area contributed by atoms with E-state index in [1.54, 1.807) is 18.2 Å².